The van der Waals surface area contributed by atoms with E-state index in [1.54, 1.807) is 43.6 Å². The number of hydrogen-bond donors (Lipinski definition) is 2. The molecule has 71 heavy (non-hydrogen) atoms. The van der Waals surface area contributed by atoms with E-state index in [0.717, 1.165) is 76.6 Å². The molecule has 4 heterocycles. The van der Waals surface area contributed by atoms with Gasteiger partial charge in [0.1, 0.15) is 54.0 Å². The normalized spacial score (nSPS) is 13.9. The molecule has 0 radical (unpaired) electrons. The van der Waals surface area contributed by atoms with Crippen molar-refractivity contribution in [2.45, 2.75) is 32.6 Å². The predicted octanol–water partition coefficient (Wildman–Crippen LogP) is 10.6. The van der Waals surface area contributed by atoms with Gasteiger partial charge in [-0.15, -0.1) is 11.3 Å². The molecular weight excluding hydrogens is 941 g/mol. The van der Waals surface area contributed by atoms with Crippen LogP contribution < -0.4 is 24.3 Å². The minimum atomic E-state index is -1.39. The maximum absolute atomic E-state index is 14.3. The van der Waals surface area contributed by atoms with E-state index in [9.17, 15) is 14.3 Å². The Morgan fingerprint density at radius 2 is 1.63 bits per heavy atom. The van der Waals surface area contributed by atoms with Crippen molar-refractivity contribution in [1.29, 1.82) is 0 Å². The number of rotatable bonds is 19. The summed E-state index contributed by atoms with van der Waals surface area (Å²) in [7, 11) is 5.86. The van der Waals surface area contributed by atoms with Gasteiger partial charge in [0.15, 0.2) is 5.82 Å². The molecule has 1 aliphatic heterocycles. The van der Waals surface area contributed by atoms with Crippen molar-refractivity contribution >= 4 is 44.8 Å². The third kappa shape index (κ3) is 11.2. The zero-order valence-electron chi connectivity index (χ0n) is 39.9. The van der Waals surface area contributed by atoms with Gasteiger partial charge in [0.05, 0.1) is 48.9 Å². The Bertz CT molecular complexity index is 3150. The fourth-order valence-electron chi connectivity index (χ4n) is 8.89. The van der Waals surface area contributed by atoms with Crippen LogP contribution in [-0.2, 0) is 24.4 Å². The molecule has 0 amide bonds. The Morgan fingerprint density at radius 3 is 2.38 bits per heavy atom. The molecule has 1 fully saturated rings. The van der Waals surface area contributed by atoms with Gasteiger partial charge >= 0.3 is 5.97 Å². The lowest BCUT2D eigenvalue weighted by atomic mass is 9.96. The summed E-state index contributed by atoms with van der Waals surface area (Å²) in [5.74, 6) is 0.643. The molecule has 2 N–H and O–H groups in total. The average Bonchev–Trinajstić information content (AvgIpc) is 3.78. The summed E-state index contributed by atoms with van der Waals surface area (Å²) in [4.78, 5) is 35.2. The monoisotopic (exact) mass is 994 g/mol. The number of carboxylic acids is 1. The summed E-state index contributed by atoms with van der Waals surface area (Å²) in [6, 6.07) is 35.1. The third-order valence-electron chi connectivity index (χ3n) is 12.9. The van der Waals surface area contributed by atoms with E-state index in [2.05, 4.69) is 56.5 Å². The van der Waals surface area contributed by atoms with E-state index >= 15 is 0 Å². The predicted molar refractivity (Wildman–Crippen MR) is 276 cm³/mol. The van der Waals surface area contributed by atoms with Gasteiger partial charge in [-0.25, -0.2) is 29.1 Å². The number of benzene rings is 5. The lowest BCUT2D eigenvalue weighted by Gasteiger charge is -2.42. The Balaban J connectivity index is 0.937. The molecule has 1 aliphatic rings. The molecule has 16 heteroatoms. The summed E-state index contributed by atoms with van der Waals surface area (Å²) in [5.41, 5.74) is 7.28. The number of thiophene rings is 1. The highest BCUT2D eigenvalue weighted by Gasteiger charge is 2.30. The number of likely N-dealkylation sites (N-methyl/N-ethyl adjacent to an activating group) is 1. The lowest BCUT2D eigenvalue weighted by Crippen LogP contribution is -2.57. The highest BCUT2D eigenvalue weighted by Crippen LogP contribution is 2.49. The number of fused-ring (bicyclic) bond motifs is 1. The molecule has 13 nitrogen and oxygen atoms in total. The Kier molecular flexibility index (Phi) is 15.0. The van der Waals surface area contributed by atoms with Gasteiger partial charge in [-0.05, 0) is 83.8 Å². The number of methoxy groups -OCH3 is 1. The SMILES string of the molecule is CNc1ccc(C[N+]2(C)CCN(CCOc3ccc(-c4c(-c5ccc(F)cc5)sc5ncnc(OC(Cc6ccccc6OCc6ccnc(-c7ccccc7OC)n6)C(=O)O)c45)c(C)c3Cl)CC2)cc1. The minimum Gasteiger partial charge on any atom is -0.496 e. The molecule has 0 spiro atoms. The van der Waals surface area contributed by atoms with Crippen molar-refractivity contribution in [3.63, 3.8) is 0 Å². The zero-order valence-corrected chi connectivity index (χ0v) is 41.5. The topological polar surface area (TPSA) is 141 Å². The number of aromatic nitrogens is 4. The number of ether oxygens (including phenoxy) is 4. The van der Waals surface area contributed by atoms with E-state index in [-0.39, 0.29) is 24.7 Å². The van der Waals surface area contributed by atoms with Crippen LogP contribution in [0.3, 0.4) is 0 Å². The first kappa shape index (κ1) is 48.8. The smallest absolute Gasteiger partial charge is 0.345 e. The van der Waals surface area contributed by atoms with E-state index in [4.69, 9.17) is 35.5 Å². The second-order valence-electron chi connectivity index (χ2n) is 17.7. The minimum absolute atomic E-state index is 0.0596. The lowest BCUT2D eigenvalue weighted by molar-refractivity contribution is -0.926. The van der Waals surface area contributed by atoms with Crippen molar-refractivity contribution < 1.29 is 37.7 Å². The van der Waals surface area contributed by atoms with Crippen LogP contribution in [0.5, 0.6) is 23.1 Å². The Morgan fingerprint density at radius 1 is 0.887 bits per heavy atom. The molecule has 8 aromatic rings. The number of carboxylic acid groups (broad SMARTS) is 1. The maximum Gasteiger partial charge on any atom is 0.345 e. The van der Waals surface area contributed by atoms with Crippen molar-refractivity contribution in [2.24, 2.45) is 0 Å². The molecule has 9 rings (SSSR count). The van der Waals surface area contributed by atoms with Crippen LogP contribution in [0.4, 0.5) is 10.1 Å². The number of hydrogen-bond acceptors (Lipinski definition) is 12. The molecule has 364 valence electrons. The van der Waals surface area contributed by atoms with Crippen molar-refractivity contribution in [3.8, 4) is 56.1 Å². The summed E-state index contributed by atoms with van der Waals surface area (Å²) >= 11 is 8.54. The van der Waals surface area contributed by atoms with Crippen LogP contribution in [-0.4, -0.2) is 107 Å². The number of nitrogens with one attached hydrogen (secondary N) is 1. The van der Waals surface area contributed by atoms with Crippen molar-refractivity contribution in [3.05, 3.63) is 161 Å². The van der Waals surface area contributed by atoms with Crippen LogP contribution in [0.2, 0.25) is 5.02 Å². The van der Waals surface area contributed by atoms with E-state index < -0.39 is 12.1 Å². The Hall–Kier alpha value is -7.17. The highest BCUT2D eigenvalue weighted by atomic mass is 35.5. The van der Waals surface area contributed by atoms with Crippen LogP contribution in [0.15, 0.2) is 128 Å². The summed E-state index contributed by atoms with van der Waals surface area (Å²) in [5, 5.41) is 14.8. The summed E-state index contributed by atoms with van der Waals surface area (Å²) < 4.78 is 39.9. The molecule has 3 aromatic heterocycles. The fourth-order valence-corrected chi connectivity index (χ4v) is 10.3. The van der Waals surface area contributed by atoms with Gasteiger partial charge in [0.25, 0.3) is 0 Å². The standard InChI is InChI=1S/C55H53ClFN7O6S/c1-35-42(21-22-46(50(35)56)68-30-27-63-25-28-64(3,29-26-63)32-36-13-19-40(58-2)20-14-36)48-49-53(60-34-61-54(49)71-51(48)37-15-17-39(57)18-16-37)70-47(55(65)66)31-38-9-5-7-11-44(38)69-33-41-23-24-59-52(62-41)43-10-6-8-12-45(43)67-4/h5-24,34,47,58H,25-33H2,1-4H3/p+1. The molecule has 0 aliphatic carbocycles. The molecule has 1 unspecified atom stereocenters. The first-order valence-electron chi connectivity index (χ1n) is 23.3. The highest BCUT2D eigenvalue weighted by molar-refractivity contribution is 7.22. The summed E-state index contributed by atoms with van der Waals surface area (Å²) in [6.45, 7) is 8.21. The van der Waals surface area contributed by atoms with Gasteiger partial charge in [-0.3, -0.25) is 4.90 Å². The van der Waals surface area contributed by atoms with Crippen LogP contribution in [0, 0.1) is 12.7 Å². The number of piperazine rings is 1. The van der Waals surface area contributed by atoms with Crippen molar-refractivity contribution in [2.75, 3.05) is 65.9 Å². The molecule has 1 atom stereocenters. The molecular formula is C55H54ClFN7O6S+. The number of nitrogens with zero attached hydrogens (tertiary/aromatic N) is 6. The quantitative estimate of drug-likeness (QED) is 0.0745. The largest absolute Gasteiger partial charge is 0.496 e. The molecule has 5 aromatic carbocycles. The first-order valence-corrected chi connectivity index (χ1v) is 24.5. The van der Waals surface area contributed by atoms with E-state index in [1.165, 1.54) is 35.4 Å². The number of carbonyl (C=O) groups is 1. The van der Waals surface area contributed by atoms with Gasteiger partial charge in [0.2, 0.25) is 12.0 Å². The Labute approximate surface area is 421 Å². The van der Waals surface area contributed by atoms with Crippen LogP contribution in [0.1, 0.15) is 22.4 Å². The van der Waals surface area contributed by atoms with E-state index in [1.807, 2.05) is 62.5 Å². The number of quaternary nitrogens is 1. The van der Waals surface area contributed by atoms with Crippen LogP contribution >= 0.6 is 22.9 Å². The van der Waals surface area contributed by atoms with Gasteiger partial charge in [0, 0.05) is 61.0 Å². The fraction of sp³-hybridized carbons (Fsp3) is 0.255. The van der Waals surface area contributed by atoms with Crippen molar-refractivity contribution in [1.82, 2.24) is 24.8 Å². The molecule has 1 saturated heterocycles. The molecule has 0 saturated carbocycles. The second-order valence-corrected chi connectivity index (χ2v) is 19.1. The van der Waals surface area contributed by atoms with Gasteiger partial charge < -0.3 is 33.9 Å². The first-order chi connectivity index (χ1) is 34.5. The van der Waals surface area contributed by atoms with E-state index in [0.29, 0.717) is 61.7 Å². The van der Waals surface area contributed by atoms with Crippen LogP contribution in [0.25, 0.3) is 43.2 Å². The average molecular weight is 996 g/mol. The number of halogens is 2. The van der Waals surface area contributed by atoms with Gasteiger partial charge in [-0.2, -0.15) is 0 Å². The summed E-state index contributed by atoms with van der Waals surface area (Å²) in [6.07, 6.45) is 1.56. The number of para-hydroxylation sites is 2. The van der Waals surface area contributed by atoms with Gasteiger partial charge in [-0.1, -0.05) is 72.3 Å². The zero-order chi connectivity index (χ0) is 49.5. The number of anilines is 1. The maximum atomic E-state index is 14.3. The number of aliphatic carboxylic acids is 1. The second kappa shape index (κ2) is 21.9. The third-order valence-corrected chi connectivity index (χ3v) is 14.5. The molecule has 0 bridgehead atoms.